The Hall–Kier alpha value is -2.05. The highest BCUT2D eigenvalue weighted by Crippen LogP contribution is 2.29. The van der Waals surface area contributed by atoms with Gasteiger partial charge in [0.1, 0.15) is 11.5 Å². The van der Waals surface area contributed by atoms with E-state index in [1.54, 1.807) is 31.0 Å². The predicted molar refractivity (Wildman–Crippen MR) is 84.0 cm³/mol. The molecule has 1 atom stereocenters. The summed E-state index contributed by atoms with van der Waals surface area (Å²) in [5.74, 6) is 1.35. The van der Waals surface area contributed by atoms with Crippen molar-refractivity contribution in [2.45, 2.75) is 12.6 Å². The molecular formula is C16H23N3O3. The van der Waals surface area contributed by atoms with Crippen LogP contribution in [0.5, 0.6) is 11.5 Å². The summed E-state index contributed by atoms with van der Waals surface area (Å²) in [7, 11) is 7.05. The lowest BCUT2D eigenvalue weighted by atomic mass is 10.1. The third-order valence-corrected chi connectivity index (χ3v) is 3.49. The molecule has 2 rings (SSSR count). The van der Waals surface area contributed by atoms with E-state index in [0.29, 0.717) is 18.0 Å². The Kier molecular flexibility index (Phi) is 5.41. The van der Waals surface area contributed by atoms with Gasteiger partial charge in [-0.15, -0.1) is 0 Å². The van der Waals surface area contributed by atoms with Crippen molar-refractivity contribution in [2.24, 2.45) is 7.05 Å². The lowest BCUT2D eigenvalue weighted by Gasteiger charge is -2.22. The van der Waals surface area contributed by atoms with E-state index in [4.69, 9.17) is 9.47 Å². The molecule has 1 heterocycles. The number of likely N-dealkylation sites (N-methyl/N-ethyl adjacent to an activating group) is 1. The second-order valence-electron chi connectivity index (χ2n) is 5.34. The highest BCUT2D eigenvalue weighted by atomic mass is 16.5. The minimum absolute atomic E-state index is 0.485. The zero-order chi connectivity index (χ0) is 16.1. The van der Waals surface area contributed by atoms with E-state index in [2.05, 4.69) is 5.10 Å². The van der Waals surface area contributed by atoms with Crippen LogP contribution >= 0.6 is 0 Å². The number of aryl methyl sites for hydroxylation is 1. The molecule has 0 fully saturated rings. The molecule has 0 saturated carbocycles. The first-order valence-electron chi connectivity index (χ1n) is 7.09. The maximum Gasteiger partial charge on any atom is 0.124 e. The van der Waals surface area contributed by atoms with Crippen LogP contribution in [0.4, 0.5) is 0 Å². The standard InChI is InChI=1S/C16H23N3O3/c1-18(9-12-8-17-19(2)10-12)11-15(20)14-7-13(21-3)5-6-16(14)22-4/h5-8,10,15,20H,9,11H2,1-4H3. The van der Waals surface area contributed by atoms with Gasteiger partial charge in [0.15, 0.2) is 0 Å². The molecule has 1 aromatic heterocycles. The van der Waals surface area contributed by atoms with Crippen molar-refractivity contribution in [3.05, 3.63) is 41.7 Å². The van der Waals surface area contributed by atoms with Gasteiger partial charge in [0, 0.05) is 37.5 Å². The van der Waals surface area contributed by atoms with E-state index in [1.165, 1.54) is 0 Å². The Morgan fingerprint density at radius 2 is 2.09 bits per heavy atom. The molecule has 0 bridgehead atoms. The van der Waals surface area contributed by atoms with E-state index in [9.17, 15) is 5.11 Å². The van der Waals surface area contributed by atoms with Crippen LogP contribution in [0.25, 0.3) is 0 Å². The predicted octanol–water partition coefficient (Wildman–Crippen LogP) is 1.60. The first-order valence-corrected chi connectivity index (χ1v) is 7.09. The molecule has 22 heavy (non-hydrogen) atoms. The largest absolute Gasteiger partial charge is 0.497 e. The molecule has 1 N–H and O–H groups in total. The fourth-order valence-corrected chi connectivity index (χ4v) is 2.42. The average molecular weight is 305 g/mol. The molecule has 1 unspecified atom stereocenters. The Morgan fingerprint density at radius 3 is 2.68 bits per heavy atom. The summed E-state index contributed by atoms with van der Waals surface area (Å²) >= 11 is 0. The number of aromatic nitrogens is 2. The quantitative estimate of drug-likeness (QED) is 0.842. The summed E-state index contributed by atoms with van der Waals surface area (Å²) in [4.78, 5) is 2.04. The number of nitrogens with zero attached hydrogens (tertiary/aromatic N) is 3. The molecule has 0 amide bonds. The Morgan fingerprint density at radius 1 is 1.32 bits per heavy atom. The molecular weight excluding hydrogens is 282 g/mol. The molecule has 6 nitrogen and oxygen atoms in total. The number of methoxy groups -OCH3 is 2. The van der Waals surface area contributed by atoms with Crippen molar-refractivity contribution in [3.63, 3.8) is 0 Å². The topological polar surface area (TPSA) is 59.8 Å². The minimum Gasteiger partial charge on any atom is -0.497 e. The molecule has 2 aromatic rings. The van der Waals surface area contributed by atoms with Crippen LogP contribution < -0.4 is 9.47 Å². The van der Waals surface area contributed by atoms with Gasteiger partial charge in [0.2, 0.25) is 0 Å². The van der Waals surface area contributed by atoms with Crippen molar-refractivity contribution >= 4 is 0 Å². The van der Waals surface area contributed by atoms with Gasteiger partial charge in [-0.25, -0.2) is 0 Å². The van der Waals surface area contributed by atoms with E-state index in [1.807, 2.05) is 37.5 Å². The van der Waals surface area contributed by atoms with Crippen LogP contribution in [0.3, 0.4) is 0 Å². The van der Waals surface area contributed by atoms with Gasteiger partial charge in [-0.05, 0) is 25.2 Å². The molecule has 0 aliphatic heterocycles. The number of aliphatic hydroxyl groups is 1. The van der Waals surface area contributed by atoms with Gasteiger partial charge in [0.05, 0.1) is 26.5 Å². The van der Waals surface area contributed by atoms with E-state index < -0.39 is 6.10 Å². The second kappa shape index (κ2) is 7.29. The molecule has 6 heteroatoms. The van der Waals surface area contributed by atoms with Crippen molar-refractivity contribution in [1.82, 2.24) is 14.7 Å². The Labute approximate surface area is 130 Å². The van der Waals surface area contributed by atoms with E-state index >= 15 is 0 Å². The summed E-state index contributed by atoms with van der Waals surface area (Å²) in [6.45, 7) is 1.20. The minimum atomic E-state index is -0.660. The number of rotatable bonds is 7. The maximum atomic E-state index is 10.5. The normalized spacial score (nSPS) is 12.5. The lowest BCUT2D eigenvalue weighted by Crippen LogP contribution is -2.24. The van der Waals surface area contributed by atoms with Gasteiger partial charge < -0.3 is 14.6 Å². The highest BCUT2D eigenvalue weighted by Gasteiger charge is 2.17. The van der Waals surface area contributed by atoms with Gasteiger partial charge >= 0.3 is 0 Å². The van der Waals surface area contributed by atoms with Gasteiger partial charge in [0.25, 0.3) is 0 Å². The van der Waals surface area contributed by atoms with Crippen LogP contribution in [0.15, 0.2) is 30.6 Å². The summed E-state index contributed by atoms with van der Waals surface area (Å²) in [6.07, 6.45) is 3.14. The van der Waals surface area contributed by atoms with Gasteiger partial charge in [-0.2, -0.15) is 5.10 Å². The lowest BCUT2D eigenvalue weighted by molar-refractivity contribution is 0.121. The van der Waals surface area contributed by atoms with Gasteiger partial charge in [-0.1, -0.05) is 0 Å². The molecule has 0 saturated heterocycles. The molecule has 0 aliphatic carbocycles. The number of hydrogen-bond donors (Lipinski definition) is 1. The molecule has 0 aliphatic rings. The third-order valence-electron chi connectivity index (χ3n) is 3.49. The first kappa shape index (κ1) is 16.3. The van der Waals surface area contributed by atoms with Crippen LogP contribution in [0, 0.1) is 0 Å². The third kappa shape index (κ3) is 3.99. The molecule has 0 radical (unpaired) electrons. The maximum absolute atomic E-state index is 10.5. The summed E-state index contributed by atoms with van der Waals surface area (Å²) in [5.41, 5.74) is 1.83. The summed E-state index contributed by atoms with van der Waals surface area (Å²) < 4.78 is 12.3. The molecule has 0 spiro atoms. The van der Waals surface area contributed by atoms with E-state index in [0.717, 1.165) is 17.7 Å². The van der Waals surface area contributed by atoms with Crippen LogP contribution in [0.2, 0.25) is 0 Å². The average Bonchev–Trinajstić information content (AvgIpc) is 2.91. The number of hydrogen-bond acceptors (Lipinski definition) is 5. The second-order valence-corrected chi connectivity index (χ2v) is 5.34. The zero-order valence-corrected chi connectivity index (χ0v) is 13.5. The molecule has 120 valence electrons. The fraction of sp³-hybridized carbons (Fsp3) is 0.438. The van der Waals surface area contributed by atoms with Crippen molar-refractivity contribution in [3.8, 4) is 11.5 Å². The SMILES string of the molecule is COc1ccc(OC)c(C(O)CN(C)Cc2cnn(C)c2)c1. The zero-order valence-electron chi connectivity index (χ0n) is 13.5. The van der Waals surface area contributed by atoms with Crippen LogP contribution in [-0.2, 0) is 13.6 Å². The van der Waals surface area contributed by atoms with Crippen LogP contribution in [0.1, 0.15) is 17.2 Å². The first-order chi connectivity index (χ1) is 10.5. The number of aliphatic hydroxyl groups excluding tert-OH is 1. The highest BCUT2D eigenvalue weighted by molar-refractivity contribution is 5.41. The van der Waals surface area contributed by atoms with Crippen molar-refractivity contribution in [2.75, 3.05) is 27.8 Å². The summed E-state index contributed by atoms with van der Waals surface area (Å²) in [5, 5.41) is 14.7. The number of benzene rings is 1. The van der Waals surface area contributed by atoms with Crippen molar-refractivity contribution in [1.29, 1.82) is 0 Å². The fourth-order valence-electron chi connectivity index (χ4n) is 2.42. The van der Waals surface area contributed by atoms with Crippen molar-refractivity contribution < 1.29 is 14.6 Å². The Bertz CT molecular complexity index is 612. The van der Waals surface area contributed by atoms with Crippen LogP contribution in [-0.4, -0.2) is 47.6 Å². The summed E-state index contributed by atoms with van der Waals surface area (Å²) in [6, 6.07) is 5.42. The number of ether oxygens (including phenoxy) is 2. The molecule has 1 aromatic carbocycles. The Balaban J connectivity index is 2.05. The van der Waals surface area contributed by atoms with Gasteiger partial charge in [-0.3, -0.25) is 9.58 Å². The monoisotopic (exact) mass is 305 g/mol. The van der Waals surface area contributed by atoms with E-state index in [-0.39, 0.29) is 0 Å². The smallest absolute Gasteiger partial charge is 0.124 e.